The molecule has 2 rings (SSSR count). The summed E-state index contributed by atoms with van der Waals surface area (Å²) in [6, 6.07) is 11.1. The van der Waals surface area contributed by atoms with Gasteiger partial charge >= 0.3 is 5.69 Å². The van der Waals surface area contributed by atoms with E-state index in [0.717, 1.165) is 0 Å². The van der Waals surface area contributed by atoms with Gasteiger partial charge in [0, 0.05) is 10.5 Å². The Morgan fingerprint density at radius 1 is 1.30 bits per heavy atom. The van der Waals surface area contributed by atoms with Gasteiger partial charge in [0.05, 0.1) is 9.95 Å². The van der Waals surface area contributed by atoms with Crippen molar-refractivity contribution in [3.63, 3.8) is 0 Å². The summed E-state index contributed by atoms with van der Waals surface area (Å²) in [5.74, 6) is 0.104. The van der Waals surface area contributed by atoms with Gasteiger partial charge in [-0.3, -0.25) is 10.1 Å². The molecule has 0 fully saturated rings. The molecule has 0 aromatic heterocycles. The smallest absolute Gasteiger partial charge is 0.313 e. The van der Waals surface area contributed by atoms with E-state index in [4.69, 9.17) is 21.6 Å². The third kappa shape index (κ3) is 2.74. The van der Waals surface area contributed by atoms with Crippen LogP contribution in [0.15, 0.2) is 40.9 Å². The van der Waals surface area contributed by atoms with Crippen LogP contribution in [0.3, 0.4) is 0 Å². The van der Waals surface area contributed by atoms with E-state index < -0.39 is 4.92 Å². The molecule has 2 aromatic rings. The lowest BCUT2D eigenvalue weighted by molar-refractivity contribution is -0.385. The summed E-state index contributed by atoms with van der Waals surface area (Å²) in [6.45, 7) is 0. The molecule has 0 amide bonds. The number of rotatable bonds is 3. The van der Waals surface area contributed by atoms with Crippen molar-refractivity contribution >= 4 is 33.2 Å². The van der Waals surface area contributed by atoms with Crippen molar-refractivity contribution in [3.05, 3.63) is 61.6 Å². The van der Waals surface area contributed by atoms with E-state index in [2.05, 4.69) is 15.9 Å². The fourth-order valence-corrected chi connectivity index (χ4v) is 2.19. The third-order valence-corrected chi connectivity index (χ3v) is 3.40. The zero-order valence-corrected chi connectivity index (χ0v) is 12.2. The van der Waals surface area contributed by atoms with Gasteiger partial charge < -0.3 is 4.74 Å². The predicted octanol–water partition coefficient (Wildman–Crippen LogP) is 4.67. The summed E-state index contributed by atoms with van der Waals surface area (Å²) in [6.07, 6.45) is 0. The third-order valence-electron chi connectivity index (χ3n) is 2.44. The molecule has 100 valence electrons. The van der Waals surface area contributed by atoms with Crippen LogP contribution in [-0.4, -0.2) is 4.92 Å². The predicted molar refractivity (Wildman–Crippen MR) is 77.0 cm³/mol. The van der Waals surface area contributed by atoms with Gasteiger partial charge in [-0.25, -0.2) is 0 Å². The van der Waals surface area contributed by atoms with E-state index >= 15 is 0 Å². The average Bonchev–Trinajstić information content (AvgIpc) is 2.41. The number of nitrogens with zero attached hydrogens (tertiary/aromatic N) is 2. The first-order chi connectivity index (χ1) is 9.54. The second-order valence-electron chi connectivity index (χ2n) is 3.67. The van der Waals surface area contributed by atoms with Crippen LogP contribution >= 0.6 is 27.5 Å². The van der Waals surface area contributed by atoms with Gasteiger partial charge in [0.15, 0.2) is 0 Å². The van der Waals surface area contributed by atoms with Crippen molar-refractivity contribution in [2.45, 2.75) is 0 Å². The van der Waals surface area contributed by atoms with Crippen molar-refractivity contribution < 1.29 is 9.66 Å². The zero-order chi connectivity index (χ0) is 14.7. The number of para-hydroxylation sites is 1. The molecule has 2 aromatic carbocycles. The van der Waals surface area contributed by atoms with Gasteiger partial charge in [-0.05, 0) is 34.1 Å². The van der Waals surface area contributed by atoms with E-state index in [1.54, 1.807) is 12.1 Å². The van der Waals surface area contributed by atoms with Crippen molar-refractivity contribution in [1.29, 1.82) is 5.26 Å². The minimum absolute atomic E-state index is 0.0891. The summed E-state index contributed by atoms with van der Waals surface area (Å²) in [5, 5.41) is 20.2. The van der Waals surface area contributed by atoms with Crippen molar-refractivity contribution in [2.75, 3.05) is 0 Å². The molecule has 0 aliphatic rings. The zero-order valence-electron chi connectivity index (χ0n) is 9.84. The molecule has 0 bridgehead atoms. The van der Waals surface area contributed by atoms with Gasteiger partial charge in [0.25, 0.3) is 0 Å². The molecular weight excluding hydrogens is 348 g/mol. The van der Waals surface area contributed by atoms with Gasteiger partial charge in [0.1, 0.15) is 17.4 Å². The minimum Gasteiger partial charge on any atom is -0.447 e. The molecule has 7 heteroatoms. The van der Waals surface area contributed by atoms with Crippen LogP contribution in [0.1, 0.15) is 5.56 Å². The maximum absolute atomic E-state index is 11.0. The standard InChI is InChI=1S/C13H6BrClN2O3/c14-9-3-1-6-12(8(9)7-16)20-13-10(15)4-2-5-11(13)17(18)19/h1-6H. The molecule has 0 atom stereocenters. The van der Waals surface area contributed by atoms with Crippen LogP contribution in [0.5, 0.6) is 11.5 Å². The molecule has 0 unspecified atom stereocenters. The molecule has 0 spiro atoms. The largest absolute Gasteiger partial charge is 0.447 e. The first-order valence-electron chi connectivity index (χ1n) is 5.34. The van der Waals surface area contributed by atoms with E-state index in [0.29, 0.717) is 4.47 Å². The van der Waals surface area contributed by atoms with E-state index in [-0.39, 0.29) is 27.8 Å². The summed E-state index contributed by atoms with van der Waals surface area (Å²) < 4.78 is 6.01. The van der Waals surface area contributed by atoms with Crippen molar-refractivity contribution in [1.82, 2.24) is 0 Å². The maximum atomic E-state index is 11.0. The van der Waals surface area contributed by atoms with Gasteiger partial charge in [-0.15, -0.1) is 0 Å². The first-order valence-corrected chi connectivity index (χ1v) is 6.51. The fraction of sp³-hybridized carbons (Fsp3) is 0. The number of ether oxygens (including phenoxy) is 1. The van der Waals surface area contributed by atoms with Gasteiger partial charge in [-0.2, -0.15) is 5.26 Å². The topological polar surface area (TPSA) is 76.2 Å². The van der Waals surface area contributed by atoms with Gasteiger partial charge in [0.2, 0.25) is 5.75 Å². The number of benzene rings is 2. The van der Waals surface area contributed by atoms with Crippen LogP contribution in [0.2, 0.25) is 5.02 Å². The second-order valence-corrected chi connectivity index (χ2v) is 4.93. The van der Waals surface area contributed by atoms with Crippen LogP contribution in [-0.2, 0) is 0 Å². The molecule has 0 saturated heterocycles. The first kappa shape index (κ1) is 14.3. The van der Waals surface area contributed by atoms with Crippen LogP contribution in [0.25, 0.3) is 0 Å². The fourth-order valence-electron chi connectivity index (χ4n) is 1.55. The van der Waals surface area contributed by atoms with E-state index in [1.807, 2.05) is 6.07 Å². The molecule has 20 heavy (non-hydrogen) atoms. The number of nitro groups is 1. The Hall–Kier alpha value is -2.10. The lowest BCUT2D eigenvalue weighted by atomic mass is 10.2. The minimum atomic E-state index is -0.592. The normalized spacial score (nSPS) is 9.85. The molecule has 0 saturated carbocycles. The molecule has 0 aliphatic carbocycles. The maximum Gasteiger partial charge on any atom is 0.313 e. The summed E-state index contributed by atoms with van der Waals surface area (Å²) >= 11 is 9.15. The lowest BCUT2D eigenvalue weighted by Crippen LogP contribution is -1.95. The molecule has 0 radical (unpaired) electrons. The highest BCUT2D eigenvalue weighted by atomic mass is 79.9. The number of hydrogen-bond donors (Lipinski definition) is 0. The Kier molecular flexibility index (Phi) is 4.23. The number of nitro benzene ring substituents is 1. The average molecular weight is 354 g/mol. The highest BCUT2D eigenvalue weighted by molar-refractivity contribution is 9.10. The number of nitriles is 1. The summed E-state index contributed by atoms with van der Waals surface area (Å²) in [5.41, 5.74) is -0.0249. The Labute approximate surface area is 127 Å². The Morgan fingerprint density at radius 2 is 2.00 bits per heavy atom. The molecule has 0 aliphatic heterocycles. The Bertz CT molecular complexity index is 728. The monoisotopic (exact) mass is 352 g/mol. The van der Waals surface area contributed by atoms with Crippen molar-refractivity contribution in [2.24, 2.45) is 0 Å². The highest BCUT2D eigenvalue weighted by Crippen LogP contribution is 2.39. The second kappa shape index (κ2) is 5.90. The van der Waals surface area contributed by atoms with Crippen LogP contribution < -0.4 is 4.74 Å². The SMILES string of the molecule is N#Cc1c(Br)cccc1Oc1c(Cl)cccc1[N+](=O)[O-]. The van der Waals surface area contributed by atoms with E-state index in [1.165, 1.54) is 24.3 Å². The molecule has 0 heterocycles. The summed E-state index contributed by atoms with van der Waals surface area (Å²) in [7, 11) is 0. The lowest BCUT2D eigenvalue weighted by Gasteiger charge is -2.09. The van der Waals surface area contributed by atoms with Crippen molar-refractivity contribution in [3.8, 4) is 17.6 Å². The quantitative estimate of drug-likeness (QED) is 0.593. The highest BCUT2D eigenvalue weighted by Gasteiger charge is 2.20. The Balaban J connectivity index is 2.54. The van der Waals surface area contributed by atoms with Crippen LogP contribution in [0, 0.1) is 21.4 Å². The number of hydrogen-bond acceptors (Lipinski definition) is 4. The number of halogens is 2. The molecule has 5 nitrogen and oxygen atoms in total. The summed E-state index contributed by atoms with van der Waals surface area (Å²) in [4.78, 5) is 10.4. The Morgan fingerprint density at radius 3 is 2.65 bits per heavy atom. The molecular formula is C13H6BrClN2O3. The molecule has 0 N–H and O–H groups in total. The van der Waals surface area contributed by atoms with E-state index in [9.17, 15) is 10.1 Å². The van der Waals surface area contributed by atoms with Crippen LogP contribution in [0.4, 0.5) is 5.69 Å². The van der Waals surface area contributed by atoms with Gasteiger partial charge in [-0.1, -0.05) is 23.7 Å².